The third-order valence-electron chi connectivity index (χ3n) is 5.65. The van der Waals surface area contributed by atoms with Gasteiger partial charge in [0.15, 0.2) is 0 Å². The van der Waals surface area contributed by atoms with Crippen molar-refractivity contribution in [1.29, 1.82) is 5.26 Å². The standard InChI is InChI=1S/C23H21F4N/c1-2-14-9-21(26)23(22(27)10-14)17-7-5-15(6-8-17)3-4-16-11-19(24)18(13-28)20(25)12-16/h2,9-12,15,17H,1,3-8H2. The largest absolute Gasteiger partial charge is 0.207 e. The van der Waals surface area contributed by atoms with Crippen molar-refractivity contribution in [1.82, 2.24) is 0 Å². The van der Waals surface area contributed by atoms with Gasteiger partial charge in [0.25, 0.3) is 0 Å². The number of hydrogen-bond acceptors (Lipinski definition) is 1. The Morgan fingerprint density at radius 3 is 2.00 bits per heavy atom. The molecule has 0 amide bonds. The van der Waals surface area contributed by atoms with E-state index < -0.39 is 28.8 Å². The minimum atomic E-state index is -0.838. The van der Waals surface area contributed by atoms with Gasteiger partial charge in [-0.2, -0.15) is 5.26 Å². The van der Waals surface area contributed by atoms with E-state index in [0.717, 1.165) is 19.3 Å². The molecule has 1 nitrogen and oxygen atoms in total. The van der Waals surface area contributed by atoms with Crippen molar-refractivity contribution < 1.29 is 17.6 Å². The van der Waals surface area contributed by atoms with Crippen molar-refractivity contribution in [3.63, 3.8) is 0 Å². The second-order valence-corrected chi connectivity index (χ2v) is 7.40. The van der Waals surface area contributed by atoms with Crippen molar-refractivity contribution in [2.75, 3.05) is 0 Å². The fourth-order valence-electron chi connectivity index (χ4n) is 4.10. The number of halogens is 4. The third-order valence-corrected chi connectivity index (χ3v) is 5.65. The second kappa shape index (κ2) is 8.60. The summed E-state index contributed by atoms with van der Waals surface area (Å²) < 4.78 is 56.0. The van der Waals surface area contributed by atoms with Crippen molar-refractivity contribution in [3.8, 4) is 6.07 Å². The van der Waals surface area contributed by atoms with Crippen LogP contribution in [0, 0.1) is 40.5 Å². The lowest BCUT2D eigenvalue weighted by Crippen LogP contribution is -2.16. The van der Waals surface area contributed by atoms with Crippen molar-refractivity contribution >= 4 is 6.08 Å². The fraction of sp³-hybridized carbons (Fsp3) is 0.348. The van der Waals surface area contributed by atoms with Gasteiger partial charge in [-0.15, -0.1) is 0 Å². The Kier molecular flexibility index (Phi) is 6.18. The molecule has 0 atom stereocenters. The molecule has 0 unspecified atom stereocenters. The molecule has 0 aromatic heterocycles. The Hall–Kier alpha value is -2.61. The maximum atomic E-state index is 14.3. The summed E-state index contributed by atoms with van der Waals surface area (Å²) in [6.07, 6.45) is 5.66. The van der Waals surface area contributed by atoms with Crippen molar-refractivity contribution in [3.05, 3.63) is 76.4 Å². The molecular formula is C23H21F4N. The molecule has 0 aliphatic heterocycles. The van der Waals surface area contributed by atoms with Gasteiger partial charge in [-0.25, -0.2) is 17.6 Å². The van der Waals surface area contributed by atoms with E-state index in [1.165, 1.54) is 36.4 Å². The molecule has 0 spiro atoms. The summed E-state index contributed by atoms with van der Waals surface area (Å²) in [5.74, 6) is -2.54. The Bertz CT molecular complexity index is 875. The van der Waals surface area contributed by atoms with Crippen LogP contribution in [-0.2, 0) is 6.42 Å². The number of rotatable bonds is 5. The van der Waals surface area contributed by atoms with Gasteiger partial charge < -0.3 is 0 Å². The second-order valence-electron chi connectivity index (χ2n) is 7.40. The van der Waals surface area contributed by atoms with E-state index in [1.807, 2.05) is 0 Å². The normalized spacial score (nSPS) is 19.2. The zero-order chi connectivity index (χ0) is 20.3. The van der Waals surface area contributed by atoms with E-state index in [-0.39, 0.29) is 11.5 Å². The van der Waals surface area contributed by atoms with Gasteiger partial charge in [0.05, 0.1) is 0 Å². The fourth-order valence-corrected chi connectivity index (χ4v) is 4.10. The van der Waals surface area contributed by atoms with Gasteiger partial charge in [0, 0.05) is 5.56 Å². The molecule has 0 radical (unpaired) electrons. The van der Waals surface area contributed by atoms with Crippen LogP contribution in [0.25, 0.3) is 6.08 Å². The predicted octanol–water partition coefficient (Wildman–Crippen LogP) is 6.66. The zero-order valence-corrected chi connectivity index (χ0v) is 15.5. The maximum Gasteiger partial charge on any atom is 0.144 e. The van der Waals surface area contributed by atoms with Crippen LogP contribution in [0.3, 0.4) is 0 Å². The summed E-state index contributed by atoms with van der Waals surface area (Å²) in [5, 5.41) is 8.72. The van der Waals surface area contributed by atoms with Crippen LogP contribution in [-0.4, -0.2) is 0 Å². The molecule has 1 aliphatic carbocycles. The predicted molar refractivity (Wildman–Crippen MR) is 101 cm³/mol. The first-order valence-electron chi connectivity index (χ1n) is 9.42. The molecule has 1 saturated carbocycles. The molecule has 0 N–H and O–H groups in total. The van der Waals surface area contributed by atoms with Gasteiger partial charge in [-0.1, -0.05) is 12.7 Å². The van der Waals surface area contributed by atoms with Gasteiger partial charge in [0.2, 0.25) is 0 Å². The Morgan fingerprint density at radius 2 is 1.50 bits per heavy atom. The third kappa shape index (κ3) is 4.27. The number of benzene rings is 2. The SMILES string of the molecule is C=Cc1cc(F)c(C2CCC(CCc3cc(F)c(C#N)c(F)c3)CC2)c(F)c1. The van der Waals surface area contributed by atoms with Crippen LogP contribution < -0.4 is 0 Å². The Morgan fingerprint density at radius 1 is 0.929 bits per heavy atom. The summed E-state index contributed by atoms with van der Waals surface area (Å²) in [6.45, 7) is 3.54. The quantitative estimate of drug-likeness (QED) is 0.526. The first-order chi connectivity index (χ1) is 13.4. The summed E-state index contributed by atoms with van der Waals surface area (Å²) in [5.41, 5.74) is 0.540. The summed E-state index contributed by atoms with van der Waals surface area (Å²) in [6, 6.07) is 6.55. The molecule has 146 valence electrons. The van der Waals surface area contributed by atoms with Crippen LogP contribution in [0.5, 0.6) is 0 Å². The average Bonchev–Trinajstić information content (AvgIpc) is 2.66. The highest BCUT2D eigenvalue weighted by Gasteiger charge is 2.27. The number of aryl methyl sites for hydroxylation is 1. The van der Waals surface area contributed by atoms with E-state index in [4.69, 9.17) is 5.26 Å². The van der Waals surface area contributed by atoms with E-state index >= 15 is 0 Å². The monoisotopic (exact) mass is 387 g/mol. The van der Waals surface area contributed by atoms with Crippen LogP contribution in [0.15, 0.2) is 30.8 Å². The van der Waals surface area contributed by atoms with E-state index in [9.17, 15) is 17.6 Å². The highest BCUT2D eigenvalue weighted by molar-refractivity contribution is 5.48. The summed E-state index contributed by atoms with van der Waals surface area (Å²) in [4.78, 5) is 0. The number of nitriles is 1. The van der Waals surface area contributed by atoms with E-state index in [0.29, 0.717) is 36.3 Å². The lowest BCUT2D eigenvalue weighted by molar-refractivity contribution is 0.301. The smallest absolute Gasteiger partial charge is 0.144 e. The highest BCUT2D eigenvalue weighted by Crippen LogP contribution is 2.39. The van der Waals surface area contributed by atoms with E-state index in [1.54, 1.807) is 0 Å². The molecule has 1 fully saturated rings. The van der Waals surface area contributed by atoms with Crippen LogP contribution in [0.2, 0.25) is 0 Å². The van der Waals surface area contributed by atoms with Crippen molar-refractivity contribution in [2.24, 2.45) is 5.92 Å². The van der Waals surface area contributed by atoms with Gasteiger partial charge in [-0.3, -0.25) is 0 Å². The molecule has 2 aromatic carbocycles. The maximum absolute atomic E-state index is 14.3. The molecule has 0 heterocycles. The molecule has 3 rings (SSSR count). The molecule has 0 bridgehead atoms. The average molecular weight is 387 g/mol. The van der Waals surface area contributed by atoms with Gasteiger partial charge in [-0.05, 0) is 85.8 Å². The minimum Gasteiger partial charge on any atom is -0.207 e. The minimum absolute atomic E-state index is 0.153. The Balaban J connectivity index is 1.60. The number of nitrogens with zero attached hydrogens (tertiary/aromatic N) is 1. The van der Waals surface area contributed by atoms with Gasteiger partial charge >= 0.3 is 0 Å². The van der Waals surface area contributed by atoms with Crippen LogP contribution >= 0.6 is 0 Å². The lowest BCUT2D eigenvalue weighted by Gasteiger charge is -2.29. The lowest BCUT2D eigenvalue weighted by atomic mass is 9.76. The molecular weight excluding hydrogens is 366 g/mol. The molecule has 28 heavy (non-hydrogen) atoms. The van der Waals surface area contributed by atoms with Crippen molar-refractivity contribution in [2.45, 2.75) is 44.4 Å². The molecule has 2 aromatic rings. The van der Waals surface area contributed by atoms with Gasteiger partial charge in [0.1, 0.15) is 34.9 Å². The molecule has 1 aliphatic rings. The highest BCUT2D eigenvalue weighted by atomic mass is 19.1. The summed E-state index contributed by atoms with van der Waals surface area (Å²) >= 11 is 0. The topological polar surface area (TPSA) is 23.8 Å². The zero-order valence-electron chi connectivity index (χ0n) is 15.5. The van der Waals surface area contributed by atoms with Crippen LogP contribution in [0.1, 0.15) is 60.3 Å². The summed E-state index contributed by atoms with van der Waals surface area (Å²) in [7, 11) is 0. The van der Waals surface area contributed by atoms with Crippen LogP contribution in [0.4, 0.5) is 17.6 Å². The first-order valence-corrected chi connectivity index (χ1v) is 9.42. The number of hydrogen-bond donors (Lipinski definition) is 0. The van der Waals surface area contributed by atoms with E-state index in [2.05, 4.69) is 6.58 Å². The molecule has 0 saturated heterocycles. The Labute approximate surface area is 162 Å². The molecule has 5 heteroatoms. The first kappa shape index (κ1) is 20.1.